The van der Waals surface area contributed by atoms with E-state index in [0.29, 0.717) is 10.6 Å². The fraction of sp³-hybridized carbons (Fsp3) is 0.188. The number of amides is 1. The molecule has 1 N–H and O–H groups in total. The van der Waals surface area contributed by atoms with Gasteiger partial charge in [-0.15, -0.1) is 0 Å². The number of aromatic nitrogens is 1. The molecule has 22 heavy (non-hydrogen) atoms. The highest BCUT2D eigenvalue weighted by Gasteiger charge is 2.22. The van der Waals surface area contributed by atoms with Crippen LogP contribution in [0.4, 0.5) is 0 Å². The zero-order valence-corrected chi connectivity index (χ0v) is 12.7. The monoisotopic (exact) mass is 318 g/mol. The molecule has 0 bridgehead atoms. The summed E-state index contributed by atoms with van der Waals surface area (Å²) in [7, 11) is 1.30. The van der Waals surface area contributed by atoms with E-state index in [4.69, 9.17) is 11.6 Å². The molecule has 6 heteroatoms. The van der Waals surface area contributed by atoms with Crippen molar-refractivity contribution in [1.82, 2.24) is 10.3 Å². The number of benzene rings is 1. The first-order valence-corrected chi connectivity index (χ1v) is 7.02. The van der Waals surface area contributed by atoms with Crippen LogP contribution in [0.25, 0.3) is 0 Å². The van der Waals surface area contributed by atoms with Crippen molar-refractivity contribution in [2.24, 2.45) is 0 Å². The van der Waals surface area contributed by atoms with E-state index in [1.165, 1.54) is 13.3 Å². The molecule has 0 radical (unpaired) electrons. The zero-order valence-electron chi connectivity index (χ0n) is 12.0. The third-order valence-corrected chi connectivity index (χ3v) is 3.43. The number of carbonyl (C=O) groups is 2. The molecule has 1 heterocycles. The molecule has 1 aromatic heterocycles. The summed E-state index contributed by atoms with van der Waals surface area (Å²) in [6.45, 7) is 0. The van der Waals surface area contributed by atoms with Gasteiger partial charge in [0.25, 0.3) is 5.91 Å². The second-order valence-corrected chi connectivity index (χ2v) is 4.95. The Bertz CT molecular complexity index is 661. The summed E-state index contributed by atoms with van der Waals surface area (Å²) < 4.78 is 4.68. The van der Waals surface area contributed by atoms with Crippen molar-refractivity contribution in [1.29, 1.82) is 0 Å². The largest absolute Gasteiger partial charge is 0.469 e. The van der Waals surface area contributed by atoms with Gasteiger partial charge in [-0.2, -0.15) is 0 Å². The Labute approximate surface area is 133 Å². The molecule has 5 nitrogen and oxygen atoms in total. The minimum absolute atomic E-state index is 0.0151. The van der Waals surface area contributed by atoms with Crippen LogP contribution in [-0.2, 0) is 9.53 Å². The number of pyridine rings is 1. The van der Waals surface area contributed by atoms with Crippen molar-refractivity contribution in [2.75, 3.05) is 7.11 Å². The van der Waals surface area contributed by atoms with Crippen molar-refractivity contribution in [2.45, 2.75) is 12.5 Å². The van der Waals surface area contributed by atoms with E-state index in [1.807, 2.05) is 0 Å². The van der Waals surface area contributed by atoms with E-state index in [0.717, 1.165) is 0 Å². The van der Waals surface area contributed by atoms with E-state index in [1.54, 1.807) is 42.5 Å². The molecule has 0 aliphatic heterocycles. The summed E-state index contributed by atoms with van der Waals surface area (Å²) in [5, 5.41) is 3.24. The average Bonchev–Trinajstić information content (AvgIpc) is 2.55. The number of carbonyl (C=O) groups excluding carboxylic acids is 2. The van der Waals surface area contributed by atoms with Gasteiger partial charge < -0.3 is 10.1 Å². The number of hydrogen-bond donors (Lipinski definition) is 1. The second kappa shape index (κ2) is 7.56. The maximum absolute atomic E-state index is 12.2. The van der Waals surface area contributed by atoms with E-state index in [9.17, 15) is 9.59 Å². The number of ether oxygens (including phenoxy) is 1. The van der Waals surface area contributed by atoms with Crippen LogP contribution in [-0.4, -0.2) is 24.0 Å². The van der Waals surface area contributed by atoms with Gasteiger partial charge in [-0.3, -0.25) is 14.6 Å². The Morgan fingerprint density at radius 1 is 1.23 bits per heavy atom. The van der Waals surface area contributed by atoms with Crippen molar-refractivity contribution in [3.05, 3.63) is 64.9 Å². The minimum Gasteiger partial charge on any atom is -0.469 e. The number of nitrogens with zero attached hydrogens (tertiary/aromatic N) is 1. The van der Waals surface area contributed by atoms with E-state index in [2.05, 4.69) is 15.0 Å². The highest BCUT2D eigenvalue weighted by molar-refractivity contribution is 6.31. The number of rotatable bonds is 5. The summed E-state index contributed by atoms with van der Waals surface area (Å²) >= 11 is 6.16. The lowest BCUT2D eigenvalue weighted by atomic mass is 10.0. The van der Waals surface area contributed by atoms with Crippen LogP contribution in [0.3, 0.4) is 0 Å². The fourth-order valence-electron chi connectivity index (χ4n) is 1.98. The van der Waals surface area contributed by atoms with Gasteiger partial charge in [-0.25, -0.2) is 0 Å². The van der Waals surface area contributed by atoms with Crippen molar-refractivity contribution >= 4 is 23.5 Å². The quantitative estimate of drug-likeness (QED) is 0.861. The molecule has 0 unspecified atom stereocenters. The molecule has 1 amide bonds. The Morgan fingerprint density at radius 3 is 2.59 bits per heavy atom. The number of hydrogen-bond acceptors (Lipinski definition) is 4. The number of esters is 1. The predicted octanol–water partition coefficient (Wildman–Crippen LogP) is 2.77. The summed E-state index contributed by atoms with van der Waals surface area (Å²) in [6.07, 6.45) is 1.51. The summed E-state index contributed by atoms with van der Waals surface area (Å²) in [4.78, 5) is 27.8. The van der Waals surface area contributed by atoms with Crippen molar-refractivity contribution < 1.29 is 14.3 Å². The van der Waals surface area contributed by atoms with Crippen LogP contribution in [0.5, 0.6) is 0 Å². The lowest BCUT2D eigenvalue weighted by molar-refractivity contribution is -0.141. The molecule has 114 valence electrons. The molecule has 0 aliphatic carbocycles. The van der Waals surface area contributed by atoms with Crippen LogP contribution < -0.4 is 5.32 Å². The highest BCUT2D eigenvalue weighted by atomic mass is 35.5. The average molecular weight is 319 g/mol. The maximum Gasteiger partial charge on any atom is 0.307 e. The topological polar surface area (TPSA) is 68.3 Å². The van der Waals surface area contributed by atoms with Crippen LogP contribution in [0.2, 0.25) is 5.02 Å². The number of methoxy groups -OCH3 is 1. The normalized spacial score (nSPS) is 11.5. The molecular formula is C16H15ClN2O3. The van der Waals surface area contributed by atoms with E-state index < -0.39 is 12.0 Å². The molecule has 0 aliphatic rings. The SMILES string of the molecule is COC(=O)C[C@H](NC(=O)c1ccccn1)c1ccccc1Cl. The predicted molar refractivity (Wildman–Crippen MR) is 82.5 cm³/mol. The summed E-state index contributed by atoms with van der Waals surface area (Å²) in [5.74, 6) is -0.819. The first kappa shape index (κ1) is 16.0. The highest BCUT2D eigenvalue weighted by Crippen LogP contribution is 2.25. The van der Waals surface area contributed by atoms with Crippen molar-refractivity contribution in [3.63, 3.8) is 0 Å². The first-order valence-electron chi connectivity index (χ1n) is 6.65. The van der Waals surface area contributed by atoms with E-state index >= 15 is 0 Å². The Balaban J connectivity index is 2.23. The smallest absolute Gasteiger partial charge is 0.307 e. The third kappa shape index (κ3) is 4.05. The molecule has 1 aromatic carbocycles. The summed E-state index contributed by atoms with van der Waals surface area (Å²) in [6, 6.07) is 11.5. The van der Waals surface area contributed by atoms with Crippen LogP contribution >= 0.6 is 11.6 Å². The van der Waals surface area contributed by atoms with Gasteiger partial charge in [0, 0.05) is 11.2 Å². The van der Waals surface area contributed by atoms with Crippen LogP contribution in [0.1, 0.15) is 28.5 Å². The maximum atomic E-state index is 12.2. The van der Waals surface area contributed by atoms with Crippen LogP contribution in [0.15, 0.2) is 48.7 Å². The Kier molecular flexibility index (Phi) is 5.49. The molecule has 0 saturated heterocycles. The fourth-order valence-corrected chi connectivity index (χ4v) is 2.24. The zero-order chi connectivity index (χ0) is 15.9. The number of nitrogens with one attached hydrogen (secondary N) is 1. The van der Waals surface area contributed by atoms with E-state index in [-0.39, 0.29) is 18.0 Å². The Morgan fingerprint density at radius 2 is 1.95 bits per heavy atom. The molecular weight excluding hydrogens is 304 g/mol. The molecule has 1 atom stereocenters. The van der Waals surface area contributed by atoms with Gasteiger partial charge in [-0.1, -0.05) is 35.9 Å². The molecule has 2 aromatic rings. The van der Waals surface area contributed by atoms with Gasteiger partial charge in [0.2, 0.25) is 0 Å². The molecule has 2 rings (SSSR count). The van der Waals surface area contributed by atoms with Gasteiger partial charge in [-0.05, 0) is 23.8 Å². The number of halogens is 1. The van der Waals surface area contributed by atoms with Gasteiger partial charge in [0.15, 0.2) is 0 Å². The van der Waals surface area contributed by atoms with Crippen LogP contribution in [0, 0.1) is 0 Å². The minimum atomic E-state index is -0.587. The lowest BCUT2D eigenvalue weighted by Crippen LogP contribution is -2.31. The summed E-state index contributed by atoms with van der Waals surface area (Å²) in [5.41, 5.74) is 0.920. The molecule has 0 spiro atoms. The van der Waals surface area contributed by atoms with Gasteiger partial charge in [0.05, 0.1) is 19.6 Å². The second-order valence-electron chi connectivity index (χ2n) is 4.54. The molecule has 0 saturated carbocycles. The molecule has 0 fully saturated rings. The van der Waals surface area contributed by atoms with Crippen molar-refractivity contribution in [3.8, 4) is 0 Å². The first-order chi connectivity index (χ1) is 10.6. The standard InChI is InChI=1S/C16H15ClN2O3/c1-22-15(20)10-14(11-6-2-3-7-12(11)17)19-16(21)13-8-4-5-9-18-13/h2-9,14H,10H2,1H3,(H,19,21)/t14-/m0/s1. The van der Waals surface area contributed by atoms with Gasteiger partial charge in [0.1, 0.15) is 5.69 Å². The Hall–Kier alpha value is -2.40. The van der Waals surface area contributed by atoms with Gasteiger partial charge >= 0.3 is 5.97 Å². The lowest BCUT2D eigenvalue weighted by Gasteiger charge is -2.19. The third-order valence-electron chi connectivity index (χ3n) is 3.08.